The van der Waals surface area contributed by atoms with Crippen molar-refractivity contribution in [1.82, 2.24) is 0 Å². The van der Waals surface area contributed by atoms with Gasteiger partial charge in [-0.15, -0.1) is 0 Å². The lowest BCUT2D eigenvalue weighted by Crippen LogP contribution is -2.30. The lowest BCUT2D eigenvalue weighted by molar-refractivity contribution is -0.386. The molecule has 0 unspecified atom stereocenters. The minimum atomic E-state index is -0.903. The van der Waals surface area contributed by atoms with E-state index < -0.39 is 16.9 Å². The van der Waals surface area contributed by atoms with Crippen LogP contribution in [0.25, 0.3) is 0 Å². The summed E-state index contributed by atoms with van der Waals surface area (Å²) in [5.41, 5.74) is 0.334. The maximum Gasteiger partial charge on any atom is 0.310 e. The summed E-state index contributed by atoms with van der Waals surface area (Å²) in [7, 11) is 0. The first-order chi connectivity index (χ1) is 10.5. The Morgan fingerprint density at radius 2 is 2.00 bits per heavy atom. The van der Waals surface area contributed by atoms with Gasteiger partial charge in [0.05, 0.1) is 4.92 Å². The van der Waals surface area contributed by atoms with Gasteiger partial charge in [-0.05, 0) is 31.2 Å². The molecule has 1 atom stereocenters. The van der Waals surface area contributed by atoms with Crippen molar-refractivity contribution in [2.75, 3.05) is 5.32 Å². The highest BCUT2D eigenvalue weighted by atomic mass is 35.5. The fourth-order valence-electron chi connectivity index (χ4n) is 1.76. The first kappa shape index (κ1) is 15.8. The van der Waals surface area contributed by atoms with Crippen LogP contribution < -0.4 is 10.1 Å². The lowest BCUT2D eigenvalue weighted by Gasteiger charge is -2.14. The van der Waals surface area contributed by atoms with Gasteiger partial charge in [0.1, 0.15) is 0 Å². The van der Waals surface area contributed by atoms with Gasteiger partial charge in [0.25, 0.3) is 5.91 Å². The van der Waals surface area contributed by atoms with Crippen LogP contribution in [0.3, 0.4) is 0 Å². The van der Waals surface area contributed by atoms with E-state index in [4.69, 9.17) is 16.3 Å². The Morgan fingerprint density at radius 3 is 2.68 bits per heavy atom. The summed E-state index contributed by atoms with van der Waals surface area (Å²) in [6.45, 7) is 1.51. The van der Waals surface area contributed by atoms with Crippen LogP contribution in [-0.2, 0) is 4.79 Å². The van der Waals surface area contributed by atoms with Gasteiger partial charge in [0.2, 0.25) is 0 Å². The van der Waals surface area contributed by atoms with Crippen LogP contribution in [0.2, 0.25) is 5.02 Å². The van der Waals surface area contributed by atoms with E-state index in [-0.39, 0.29) is 11.4 Å². The van der Waals surface area contributed by atoms with Crippen LogP contribution >= 0.6 is 11.6 Å². The van der Waals surface area contributed by atoms with E-state index in [0.717, 1.165) is 0 Å². The molecule has 114 valence electrons. The molecule has 0 radical (unpaired) electrons. The third-order valence-electron chi connectivity index (χ3n) is 2.83. The van der Waals surface area contributed by atoms with Crippen LogP contribution in [-0.4, -0.2) is 16.9 Å². The van der Waals surface area contributed by atoms with Gasteiger partial charge in [-0.2, -0.15) is 0 Å². The molecule has 0 aliphatic heterocycles. The van der Waals surface area contributed by atoms with E-state index in [1.807, 2.05) is 0 Å². The summed E-state index contributed by atoms with van der Waals surface area (Å²) < 4.78 is 5.38. The second-order valence-electron chi connectivity index (χ2n) is 4.48. The van der Waals surface area contributed by atoms with Crippen LogP contribution in [0.15, 0.2) is 48.5 Å². The summed E-state index contributed by atoms with van der Waals surface area (Å²) in [6.07, 6.45) is -0.903. The Labute approximate surface area is 131 Å². The first-order valence-corrected chi connectivity index (χ1v) is 6.81. The molecule has 1 amide bonds. The normalized spacial score (nSPS) is 11.5. The van der Waals surface area contributed by atoms with Gasteiger partial charge >= 0.3 is 5.69 Å². The zero-order valence-electron chi connectivity index (χ0n) is 11.7. The number of rotatable bonds is 5. The van der Waals surface area contributed by atoms with Crippen LogP contribution in [0, 0.1) is 10.1 Å². The van der Waals surface area contributed by atoms with Crippen molar-refractivity contribution < 1.29 is 14.5 Å². The molecular weight excluding hydrogens is 308 g/mol. The number of hydrogen-bond acceptors (Lipinski definition) is 4. The van der Waals surface area contributed by atoms with Gasteiger partial charge < -0.3 is 10.1 Å². The number of anilines is 1. The van der Waals surface area contributed by atoms with Crippen molar-refractivity contribution in [2.24, 2.45) is 0 Å². The number of carbonyl (C=O) groups is 1. The largest absolute Gasteiger partial charge is 0.474 e. The average molecular weight is 321 g/mol. The number of nitrogens with zero attached hydrogens (tertiary/aromatic N) is 1. The highest BCUT2D eigenvalue weighted by molar-refractivity contribution is 6.30. The second kappa shape index (κ2) is 6.91. The highest BCUT2D eigenvalue weighted by Gasteiger charge is 2.20. The molecular formula is C15H13ClN2O4. The molecule has 0 heterocycles. The molecule has 2 aromatic carbocycles. The van der Waals surface area contributed by atoms with E-state index in [1.165, 1.54) is 25.1 Å². The highest BCUT2D eigenvalue weighted by Crippen LogP contribution is 2.27. The fraction of sp³-hybridized carbons (Fsp3) is 0.133. The van der Waals surface area contributed by atoms with Crippen molar-refractivity contribution in [3.05, 3.63) is 63.7 Å². The summed E-state index contributed by atoms with van der Waals surface area (Å²) in [6, 6.07) is 12.6. The summed E-state index contributed by atoms with van der Waals surface area (Å²) in [4.78, 5) is 22.4. The molecule has 6 nitrogen and oxygen atoms in total. The topological polar surface area (TPSA) is 81.5 Å². The summed E-state index contributed by atoms with van der Waals surface area (Å²) in [5, 5.41) is 14.0. The van der Waals surface area contributed by atoms with Crippen molar-refractivity contribution in [1.29, 1.82) is 0 Å². The molecule has 0 saturated heterocycles. The van der Waals surface area contributed by atoms with Crippen molar-refractivity contribution >= 4 is 28.9 Å². The number of carbonyl (C=O) groups excluding carboxylic acids is 1. The molecule has 1 N–H and O–H groups in total. The molecule has 0 aliphatic carbocycles. The maximum absolute atomic E-state index is 12.1. The number of benzene rings is 2. The van der Waals surface area contributed by atoms with Gasteiger partial charge in [0.15, 0.2) is 11.9 Å². The summed E-state index contributed by atoms with van der Waals surface area (Å²) in [5.74, 6) is -0.387. The first-order valence-electron chi connectivity index (χ1n) is 6.44. The summed E-state index contributed by atoms with van der Waals surface area (Å²) >= 11 is 5.84. The number of halogens is 1. The number of nitro benzene ring substituents is 1. The van der Waals surface area contributed by atoms with E-state index >= 15 is 0 Å². The van der Waals surface area contributed by atoms with Gasteiger partial charge in [-0.25, -0.2) is 0 Å². The van der Waals surface area contributed by atoms with E-state index in [0.29, 0.717) is 10.7 Å². The molecule has 0 aromatic heterocycles. The SMILES string of the molecule is C[C@@H](Oc1ccccc1[N+](=O)[O-])C(=O)Nc1cccc(Cl)c1. The molecule has 22 heavy (non-hydrogen) atoms. The Morgan fingerprint density at radius 1 is 1.27 bits per heavy atom. The van der Waals surface area contributed by atoms with Crippen molar-refractivity contribution in [3.8, 4) is 5.75 Å². The van der Waals surface area contributed by atoms with Gasteiger partial charge in [-0.3, -0.25) is 14.9 Å². The van der Waals surface area contributed by atoms with E-state index in [9.17, 15) is 14.9 Å². The smallest absolute Gasteiger partial charge is 0.310 e. The molecule has 0 aliphatic rings. The molecule has 0 saturated carbocycles. The molecule has 0 spiro atoms. The number of amides is 1. The second-order valence-corrected chi connectivity index (χ2v) is 4.92. The predicted octanol–water partition coefficient (Wildman–Crippen LogP) is 3.65. The average Bonchev–Trinajstić information content (AvgIpc) is 2.47. The van der Waals surface area contributed by atoms with Gasteiger partial charge in [0, 0.05) is 16.8 Å². The zero-order chi connectivity index (χ0) is 16.1. The lowest BCUT2D eigenvalue weighted by atomic mass is 10.2. The van der Waals surface area contributed by atoms with Crippen LogP contribution in [0.1, 0.15) is 6.92 Å². The zero-order valence-corrected chi connectivity index (χ0v) is 12.4. The van der Waals surface area contributed by atoms with E-state index in [2.05, 4.69) is 5.32 Å². The molecule has 0 bridgehead atoms. The quantitative estimate of drug-likeness (QED) is 0.673. The molecule has 7 heteroatoms. The number of para-hydroxylation sites is 2. The number of nitrogens with one attached hydrogen (secondary N) is 1. The number of nitro groups is 1. The van der Waals surface area contributed by atoms with Crippen molar-refractivity contribution in [3.63, 3.8) is 0 Å². The standard InChI is InChI=1S/C15H13ClN2O4/c1-10(15(19)17-12-6-4-5-11(16)9-12)22-14-8-3-2-7-13(14)18(20)21/h2-10H,1H3,(H,17,19)/t10-/m1/s1. The molecule has 0 fully saturated rings. The molecule has 2 aromatic rings. The Kier molecular flexibility index (Phi) is 4.95. The van der Waals surface area contributed by atoms with Crippen LogP contribution in [0.5, 0.6) is 5.75 Å². The van der Waals surface area contributed by atoms with Crippen LogP contribution in [0.4, 0.5) is 11.4 Å². The minimum absolute atomic E-state index is 0.0428. The molecule has 2 rings (SSSR count). The number of ether oxygens (including phenoxy) is 1. The van der Waals surface area contributed by atoms with E-state index in [1.54, 1.807) is 30.3 Å². The maximum atomic E-state index is 12.1. The third kappa shape index (κ3) is 3.95. The minimum Gasteiger partial charge on any atom is -0.474 e. The van der Waals surface area contributed by atoms with Crippen molar-refractivity contribution in [2.45, 2.75) is 13.0 Å². The Hall–Kier alpha value is -2.60. The Balaban J connectivity index is 2.07. The number of hydrogen-bond donors (Lipinski definition) is 1. The monoisotopic (exact) mass is 320 g/mol. The predicted molar refractivity (Wildman–Crippen MR) is 83.3 cm³/mol. The third-order valence-corrected chi connectivity index (χ3v) is 3.06. The fourth-order valence-corrected chi connectivity index (χ4v) is 1.95. The Bertz CT molecular complexity index is 705. The van der Waals surface area contributed by atoms with Gasteiger partial charge in [-0.1, -0.05) is 29.8 Å².